The predicted octanol–water partition coefficient (Wildman–Crippen LogP) is 2.98. The van der Waals surface area contributed by atoms with E-state index >= 15 is 0 Å². The van der Waals surface area contributed by atoms with E-state index in [1.807, 2.05) is 0 Å². The molecule has 0 radical (unpaired) electrons. The second-order valence-electron chi connectivity index (χ2n) is 4.46. The Morgan fingerprint density at radius 3 is 2.68 bits per heavy atom. The van der Waals surface area contributed by atoms with Gasteiger partial charge in [-0.3, -0.25) is 9.59 Å². The topological polar surface area (TPSA) is 78.8 Å². The van der Waals surface area contributed by atoms with E-state index in [1.165, 1.54) is 18.2 Å². The van der Waals surface area contributed by atoms with Crippen LogP contribution in [0.25, 0.3) is 0 Å². The molecule has 1 aliphatic rings. The van der Waals surface area contributed by atoms with E-state index < -0.39 is 28.9 Å². The number of alkyl halides is 3. The third kappa shape index (κ3) is 4.00. The fourth-order valence-electron chi connectivity index (χ4n) is 1.83. The molecule has 0 saturated heterocycles. The number of para-hydroxylation sites is 1. The molecule has 5 nitrogen and oxygen atoms in total. The summed E-state index contributed by atoms with van der Waals surface area (Å²) in [4.78, 5) is 25.7. The molecule has 1 aromatic rings. The van der Waals surface area contributed by atoms with Gasteiger partial charge in [0.1, 0.15) is 0 Å². The van der Waals surface area contributed by atoms with Crippen molar-refractivity contribution in [2.45, 2.75) is 24.3 Å². The Kier molecular flexibility index (Phi) is 4.74. The largest absolute Gasteiger partial charge is 0.481 e. The van der Waals surface area contributed by atoms with Crippen LogP contribution >= 0.6 is 11.8 Å². The van der Waals surface area contributed by atoms with Crippen molar-refractivity contribution >= 4 is 34.5 Å². The highest BCUT2D eigenvalue weighted by atomic mass is 32.2. The molecule has 1 amide bonds. The number of hydrogen-bond donors (Lipinski definition) is 2. The minimum absolute atomic E-state index is 0.0390. The van der Waals surface area contributed by atoms with Crippen LogP contribution in [0.3, 0.4) is 0 Å². The number of thioether (sulfide) groups is 1. The molecular formula is C13H11F3N2O3S. The quantitative estimate of drug-likeness (QED) is 0.886. The number of carbonyl (C=O) groups excluding carboxylic acids is 1. The SMILES string of the molecule is O=C(O)CCC1SC(Nc2ccccc2C(F)(F)F)=NC1=O. The molecule has 2 rings (SSSR count). The number of aliphatic imine (C=N–C) groups is 1. The highest BCUT2D eigenvalue weighted by Crippen LogP contribution is 2.36. The van der Waals surface area contributed by atoms with Gasteiger partial charge in [0.05, 0.1) is 16.5 Å². The average Bonchev–Trinajstić information content (AvgIpc) is 2.76. The summed E-state index contributed by atoms with van der Waals surface area (Å²) in [6, 6.07) is 4.85. The molecule has 9 heteroatoms. The summed E-state index contributed by atoms with van der Waals surface area (Å²) in [6.45, 7) is 0. The molecule has 118 valence electrons. The molecule has 0 saturated carbocycles. The van der Waals surface area contributed by atoms with Crippen molar-refractivity contribution in [1.82, 2.24) is 0 Å². The summed E-state index contributed by atoms with van der Waals surface area (Å²) < 4.78 is 38.6. The van der Waals surface area contributed by atoms with E-state index in [2.05, 4.69) is 10.3 Å². The van der Waals surface area contributed by atoms with E-state index in [1.54, 1.807) is 0 Å². The van der Waals surface area contributed by atoms with Crippen LogP contribution in [0.1, 0.15) is 18.4 Å². The van der Waals surface area contributed by atoms with Crippen LogP contribution < -0.4 is 5.32 Å². The fourth-order valence-corrected chi connectivity index (χ4v) is 2.80. The molecule has 1 aromatic carbocycles. The summed E-state index contributed by atoms with van der Waals surface area (Å²) >= 11 is 0.934. The summed E-state index contributed by atoms with van der Waals surface area (Å²) in [5, 5.41) is 10.4. The average molecular weight is 332 g/mol. The van der Waals surface area contributed by atoms with Gasteiger partial charge in [-0.05, 0) is 18.6 Å². The van der Waals surface area contributed by atoms with Gasteiger partial charge in [0.2, 0.25) is 0 Å². The minimum atomic E-state index is -4.53. The lowest BCUT2D eigenvalue weighted by molar-refractivity contribution is -0.138. The Balaban J connectivity index is 2.08. The van der Waals surface area contributed by atoms with Crippen molar-refractivity contribution in [3.8, 4) is 0 Å². The normalized spacial score (nSPS) is 18.2. The lowest BCUT2D eigenvalue weighted by Crippen LogP contribution is -2.14. The number of nitrogens with zero attached hydrogens (tertiary/aromatic N) is 1. The van der Waals surface area contributed by atoms with E-state index in [4.69, 9.17) is 5.11 Å². The van der Waals surface area contributed by atoms with E-state index in [0.29, 0.717) is 0 Å². The van der Waals surface area contributed by atoms with Gasteiger partial charge in [0.25, 0.3) is 5.91 Å². The van der Waals surface area contributed by atoms with E-state index in [9.17, 15) is 22.8 Å². The number of halogens is 3. The summed E-state index contributed by atoms with van der Waals surface area (Å²) in [6.07, 6.45) is -4.65. The van der Waals surface area contributed by atoms with Crippen LogP contribution in [0.15, 0.2) is 29.3 Å². The Hall–Kier alpha value is -2.03. The molecule has 0 aliphatic carbocycles. The van der Waals surface area contributed by atoms with Gasteiger partial charge in [-0.15, -0.1) is 0 Å². The van der Waals surface area contributed by atoms with Crippen molar-refractivity contribution in [3.63, 3.8) is 0 Å². The first kappa shape index (κ1) is 16.3. The third-order valence-electron chi connectivity index (χ3n) is 2.84. The number of nitrogens with one attached hydrogen (secondary N) is 1. The third-order valence-corrected chi connectivity index (χ3v) is 3.97. The number of aliphatic carboxylic acids is 1. The zero-order chi connectivity index (χ0) is 16.3. The Morgan fingerprint density at radius 1 is 1.36 bits per heavy atom. The standard InChI is InChI=1S/C13H11F3N2O3S/c14-13(15,16)7-3-1-2-4-8(7)17-12-18-11(21)9(22-12)5-6-10(19)20/h1-4,9H,5-6H2,(H,19,20)(H,17,18,21). The lowest BCUT2D eigenvalue weighted by Gasteiger charge is -2.14. The first-order valence-corrected chi connectivity index (χ1v) is 7.09. The van der Waals surface area contributed by atoms with Gasteiger partial charge < -0.3 is 10.4 Å². The van der Waals surface area contributed by atoms with Crippen molar-refractivity contribution in [1.29, 1.82) is 0 Å². The van der Waals surface area contributed by atoms with Gasteiger partial charge in [-0.25, -0.2) is 0 Å². The van der Waals surface area contributed by atoms with Crippen molar-refractivity contribution < 1.29 is 27.9 Å². The van der Waals surface area contributed by atoms with Gasteiger partial charge in [0.15, 0.2) is 5.17 Å². The molecule has 1 unspecified atom stereocenters. The Bertz CT molecular complexity index is 631. The molecule has 22 heavy (non-hydrogen) atoms. The van der Waals surface area contributed by atoms with Gasteiger partial charge >= 0.3 is 12.1 Å². The first-order chi connectivity index (χ1) is 10.3. The molecule has 1 aliphatic heterocycles. The van der Waals surface area contributed by atoms with Crippen LogP contribution in [0, 0.1) is 0 Å². The minimum Gasteiger partial charge on any atom is -0.481 e. The zero-order valence-corrected chi connectivity index (χ0v) is 11.9. The number of carbonyl (C=O) groups is 2. The summed E-state index contributed by atoms with van der Waals surface area (Å²) in [5.41, 5.74) is -1.06. The molecule has 2 N–H and O–H groups in total. The maximum Gasteiger partial charge on any atom is 0.418 e. The van der Waals surface area contributed by atoms with Crippen LogP contribution in [0.5, 0.6) is 0 Å². The summed E-state index contributed by atoms with van der Waals surface area (Å²) in [7, 11) is 0. The van der Waals surface area contributed by atoms with Crippen LogP contribution in [-0.2, 0) is 15.8 Å². The lowest BCUT2D eigenvalue weighted by atomic mass is 10.2. The van der Waals surface area contributed by atoms with Crippen LogP contribution in [-0.4, -0.2) is 27.4 Å². The van der Waals surface area contributed by atoms with Gasteiger partial charge in [0, 0.05) is 6.42 Å². The van der Waals surface area contributed by atoms with Gasteiger partial charge in [-0.1, -0.05) is 23.9 Å². The van der Waals surface area contributed by atoms with E-state index in [0.717, 1.165) is 17.8 Å². The number of anilines is 1. The second-order valence-corrected chi connectivity index (χ2v) is 5.65. The molecule has 1 atom stereocenters. The smallest absolute Gasteiger partial charge is 0.418 e. The number of carboxylic acids is 1. The van der Waals surface area contributed by atoms with Crippen LogP contribution in [0.4, 0.5) is 18.9 Å². The Labute approximate surface area is 127 Å². The van der Waals surface area contributed by atoms with Crippen molar-refractivity contribution in [2.75, 3.05) is 5.32 Å². The highest BCUT2D eigenvalue weighted by molar-refractivity contribution is 8.15. The molecule has 1 heterocycles. The number of benzene rings is 1. The maximum atomic E-state index is 12.9. The zero-order valence-electron chi connectivity index (χ0n) is 11.1. The molecule has 0 bridgehead atoms. The maximum absolute atomic E-state index is 12.9. The number of amides is 1. The molecule has 0 spiro atoms. The number of amidine groups is 1. The predicted molar refractivity (Wildman–Crippen MR) is 75.8 cm³/mol. The summed E-state index contributed by atoms with van der Waals surface area (Å²) in [5.74, 6) is -1.59. The van der Waals surface area contributed by atoms with E-state index in [-0.39, 0.29) is 23.7 Å². The van der Waals surface area contributed by atoms with Gasteiger partial charge in [-0.2, -0.15) is 18.2 Å². The first-order valence-electron chi connectivity index (χ1n) is 6.21. The number of carboxylic acid groups (broad SMARTS) is 1. The van der Waals surface area contributed by atoms with Crippen LogP contribution in [0.2, 0.25) is 0 Å². The second kappa shape index (κ2) is 6.39. The highest BCUT2D eigenvalue weighted by Gasteiger charge is 2.35. The molecule has 0 aromatic heterocycles. The van der Waals surface area contributed by atoms with Crippen molar-refractivity contribution in [2.24, 2.45) is 4.99 Å². The monoisotopic (exact) mass is 332 g/mol. The Morgan fingerprint density at radius 2 is 2.05 bits per heavy atom. The molecular weight excluding hydrogens is 321 g/mol. The number of rotatable bonds is 4. The van der Waals surface area contributed by atoms with Crippen molar-refractivity contribution in [3.05, 3.63) is 29.8 Å². The fraction of sp³-hybridized carbons (Fsp3) is 0.308. The number of hydrogen-bond acceptors (Lipinski definition) is 4. The molecule has 0 fully saturated rings.